The molecular formula is C16H20N2O4S2. The highest BCUT2D eigenvalue weighted by molar-refractivity contribution is 7.99. The predicted molar refractivity (Wildman–Crippen MR) is 92.9 cm³/mol. The monoisotopic (exact) mass is 368 g/mol. The number of hydrogen-bond acceptors (Lipinski definition) is 6. The molecule has 130 valence electrons. The molecular weight excluding hydrogens is 348 g/mol. The minimum Gasteiger partial charge on any atom is -0.497 e. The van der Waals surface area contributed by atoms with Gasteiger partial charge in [-0.15, -0.1) is 0 Å². The molecule has 0 spiro atoms. The van der Waals surface area contributed by atoms with Gasteiger partial charge >= 0.3 is 0 Å². The summed E-state index contributed by atoms with van der Waals surface area (Å²) in [6.45, 7) is 4.21. The van der Waals surface area contributed by atoms with Crippen LogP contribution in [0.25, 0.3) is 0 Å². The van der Waals surface area contributed by atoms with Crippen molar-refractivity contribution in [1.82, 2.24) is 9.46 Å². The number of nitrogens with zero attached hydrogens (tertiary/aromatic N) is 2. The summed E-state index contributed by atoms with van der Waals surface area (Å²) in [6, 6.07) is 7.78. The maximum absolute atomic E-state index is 13.0. The molecule has 1 unspecified atom stereocenters. The Morgan fingerprint density at radius 2 is 2.00 bits per heavy atom. The van der Waals surface area contributed by atoms with Gasteiger partial charge in [0.25, 0.3) is 0 Å². The second kappa shape index (κ2) is 6.78. The Hall–Kier alpha value is -1.51. The van der Waals surface area contributed by atoms with E-state index < -0.39 is 10.0 Å². The lowest BCUT2D eigenvalue weighted by Gasteiger charge is -2.31. The largest absolute Gasteiger partial charge is 0.497 e. The Labute approximate surface area is 146 Å². The van der Waals surface area contributed by atoms with Crippen LogP contribution in [-0.2, 0) is 10.0 Å². The molecule has 0 saturated carbocycles. The van der Waals surface area contributed by atoms with Gasteiger partial charge in [0.2, 0.25) is 10.0 Å². The standard InChI is InChI=1S/C16H20N2O4S2/c1-11-16(12(2)22-17-11)24(19,20)18-8-9-23-15(10-18)13-4-6-14(21-3)7-5-13/h4-7,15H,8-10H2,1-3H3. The van der Waals surface area contributed by atoms with Crippen molar-refractivity contribution in [2.75, 3.05) is 26.0 Å². The van der Waals surface area contributed by atoms with Crippen molar-refractivity contribution in [2.45, 2.75) is 24.0 Å². The average Bonchev–Trinajstić information content (AvgIpc) is 2.94. The van der Waals surface area contributed by atoms with Crippen molar-refractivity contribution < 1.29 is 17.7 Å². The molecule has 1 atom stereocenters. The number of aryl methyl sites for hydroxylation is 2. The van der Waals surface area contributed by atoms with Gasteiger partial charge in [-0.25, -0.2) is 8.42 Å². The topological polar surface area (TPSA) is 72.6 Å². The quantitative estimate of drug-likeness (QED) is 0.826. The molecule has 1 saturated heterocycles. The highest BCUT2D eigenvalue weighted by Crippen LogP contribution is 2.36. The zero-order valence-electron chi connectivity index (χ0n) is 13.9. The van der Waals surface area contributed by atoms with Crippen LogP contribution in [0.5, 0.6) is 5.75 Å². The number of sulfonamides is 1. The summed E-state index contributed by atoms with van der Waals surface area (Å²) in [5.41, 5.74) is 1.51. The highest BCUT2D eigenvalue weighted by Gasteiger charge is 2.35. The van der Waals surface area contributed by atoms with E-state index in [-0.39, 0.29) is 10.1 Å². The molecule has 8 heteroatoms. The summed E-state index contributed by atoms with van der Waals surface area (Å²) in [5, 5.41) is 3.87. The third-order valence-electron chi connectivity index (χ3n) is 4.08. The number of ether oxygens (including phenoxy) is 1. The van der Waals surface area contributed by atoms with E-state index in [0.717, 1.165) is 17.1 Å². The molecule has 1 aliphatic rings. The molecule has 1 aliphatic heterocycles. The predicted octanol–water partition coefficient (Wildman–Crippen LogP) is 2.78. The van der Waals surface area contributed by atoms with Crippen LogP contribution in [0.2, 0.25) is 0 Å². The number of aromatic nitrogens is 1. The lowest BCUT2D eigenvalue weighted by molar-refractivity contribution is 0.388. The smallest absolute Gasteiger partial charge is 0.248 e. The lowest BCUT2D eigenvalue weighted by atomic mass is 10.1. The van der Waals surface area contributed by atoms with E-state index in [0.29, 0.717) is 24.5 Å². The molecule has 2 aromatic rings. The fraction of sp³-hybridized carbons (Fsp3) is 0.438. The molecule has 0 radical (unpaired) electrons. The van der Waals surface area contributed by atoms with Crippen molar-refractivity contribution in [1.29, 1.82) is 0 Å². The van der Waals surface area contributed by atoms with Gasteiger partial charge in [-0.1, -0.05) is 17.3 Å². The third kappa shape index (κ3) is 3.18. The second-order valence-corrected chi connectivity index (χ2v) is 8.83. The lowest BCUT2D eigenvalue weighted by Crippen LogP contribution is -2.39. The minimum atomic E-state index is -3.59. The van der Waals surface area contributed by atoms with Gasteiger partial charge in [0.15, 0.2) is 5.76 Å². The van der Waals surface area contributed by atoms with E-state index in [1.807, 2.05) is 24.3 Å². The maximum atomic E-state index is 13.0. The molecule has 0 aliphatic carbocycles. The van der Waals surface area contributed by atoms with E-state index in [2.05, 4.69) is 5.16 Å². The van der Waals surface area contributed by atoms with Crippen LogP contribution in [0, 0.1) is 13.8 Å². The van der Waals surface area contributed by atoms with Crippen LogP contribution in [0.3, 0.4) is 0 Å². The summed E-state index contributed by atoms with van der Waals surface area (Å²) in [4.78, 5) is 0.197. The molecule has 0 amide bonds. The van der Waals surface area contributed by atoms with E-state index in [1.54, 1.807) is 32.7 Å². The number of methoxy groups -OCH3 is 1. The number of hydrogen-bond donors (Lipinski definition) is 0. The Morgan fingerprint density at radius 1 is 1.29 bits per heavy atom. The normalized spacial score (nSPS) is 19.4. The Morgan fingerprint density at radius 3 is 2.58 bits per heavy atom. The van der Waals surface area contributed by atoms with E-state index >= 15 is 0 Å². The molecule has 24 heavy (non-hydrogen) atoms. The summed E-state index contributed by atoms with van der Waals surface area (Å²) >= 11 is 1.77. The van der Waals surface area contributed by atoms with Crippen LogP contribution < -0.4 is 4.74 Å². The first-order chi connectivity index (χ1) is 11.4. The summed E-state index contributed by atoms with van der Waals surface area (Å²) in [5.74, 6) is 1.88. The van der Waals surface area contributed by atoms with Crippen molar-refractivity contribution in [2.24, 2.45) is 0 Å². The third-order valence-corrected chi connectivity index (χ3v) is 7.43. The summed E-state index contributed by atoms with van der Waals surface area (Å²) in [6.07, 6.45) is 0. The molecule has 1 aromatic heterocycles. The van der Waals surface area contributed by atoms with Gasteiger partial charge in [-0.3, -0.25) is 0 Å². The van der Waals surface area contributed by atoms with Crippen LogP contribution in [0.1, 0.15) is 22.3 Å². The Kier molecular flexibility index (Phi) is 4.89. The molecule has 0 bridgehead atoms. The summed E-state index contributed by atoms with van der Waals surface area (Å²) in [7, 11) is -1.97. The van der Waals surface area contributed by atoms with Crippen molar-refractivity contribution in [3.63, 3.8) is 0 Å². The molecule has 2 heterocycles. The zero-order chi connectivity index (χ0) is 17.3. The molecule has 0 N–H and O–H groups in total. The first kappa shape index (κ1) is 17.3. The van der Waals surface area contributed by atoms with Gasteiger partial charge in [-0.05, 0) is 31.5 Å². The van der Waals surface area contributed by atoms with Crippen molar-refractivity contribution in [3.8, 4) is 5.75 Å². The van der Waals surface area contributed by atoms with Crippen LogP contribution in [-0.4, -0.2) is 43.8 Å². The van der Waals surface area contributed by atoms with Gasteiger partial charge in [-0.2, -0.15) is 16.1 Å². The maximum Gasteiger partial charge on any atom is 0.248 e. The SMILES string of the molecule is COc1ccc(C2CN(S(=O)(=O)c3c(C)noc3C)CCS2)cc1. The molecule has 6 nitrogen and oxygen atoms in total. The van der Waals surface area contributed by atoms with Gasteiger partial charge < -0.3 is 9.26 Å². The number of thioether (sulfide) groups is 1. The zero-order valence-corrected chi connectivity index (χ0v) is 15.5. The number of benzene rings is 1. The van der Waals surface area contributed by atoms with E-state index in [9.17, 15) is 8.42 Å². The highest BCUT2D eigenvalue weighted by atomic mass is 32.2. The summed E-state index contributed by atoms with van der Waals surface area (Å²) < 4.78 is 37.7. The Balaban J connectivity index is 1.85. The molecule has 1 fully saturated rings. The second-order valence-electron chi connectivity index (χ2n) is 5.65. The minimum absolute atomic E-state index is 0.0971. The number of rotatable bonds is 4. The van der Waals surface area contributed by atoms with E-state index in [4.69, 9.17) is 9.26 Å². The average molecular weight is 368 g/mol. The van der Waals surface area contributed by atoms with Gasteiger partial charge in [0, 0.05) is 24.1 Å². The van der Waals surface area contributed by atoms with Gasteiger partial charge in [0.05, 0.1) is 7.11 Å². The molecule has 1 aromatic carbocycles. The fourth-order valence-electron chi connectivity index (χ4n) is 2.84. The van der Waals surface area contributed by atoms with E-state index in [1.165, 1.54) is 4.31 Å². The first-order valence-corrected chi connectivity index (χ1v) is 10.1. The first-order valence-electron chi connectivity index (χ1n) is 7.62. The van der Waals surface area contributed by atoms with Crippen molar-refractivity contribution >= 4 is 21.8 Å². The van der Waals surface area contributed by atoms with Crippen LogP contribution >= 0.6 is 11.8 Å². The fourth-order valence-corrected chi connectivity index (χ4v) is 6.04. The molecule has 3 rings (SSSR count). The van der Waals surface area contributed by atoms with Crippen LogP contribution in [0.15, 0.2) is 33.7 Å². The van der Waals surface area contributed by atoms with Crippen molar-refractivity contribution in [3.05, 3.63) is 41.3 Å². The Bertz CT molecular complexity index is 796. The van der Waals surface area contributed by atoms with Gasteiger partial charge in [0.1, 0.15) is 16.3 Å². The van der Waals surface area contributed by atoms with Crippen LogP contribution in [0.4, 0.5) is 0 Å².